The Morgan fingerprint density at radius 2 is 1.80 bits per heavy atom. The molecule has 0 spiro atoms. The second-order valence-corrected chi connectivity index (χ2v) is 5.30. The molecule has 114 valence electrons. The summed E-state index contributed by atoms with van der Waals surface area (Å²) in [6.07, 6.45) is 1.32. The largest absolute Gasteiger partial charge is 0.481 e. The fourth-order valence-electron chi connectivity index (χ4n) is 2.51. The average molecular weight is 286 g/mol. The van der Waals surface area contributed by atoms with E-state index in [-0.39, 0.29) is 18.7 Å². The van der Waals surface area contributed by atoms with Gasteiger partial charge in [0, 0.05) is 19.5 Å². The maximum absolute atomic E-state index is 12.0. The summed E-state index contributed by atoms with van der Waals surface area (Å²) in [5, 5.41) is 17.8. The minimum atomic E-state index is -0.984. The van der Waals surface area contributed by atoms with E-state index in [0.717, 1.165) is 0 Å². The van der Waals surface area contributed by atoms with Gasteiger partial charge in [-0.15, -0.1) is 0 Å². The average Bonchev–Trinajstić information content (AvgIpc) is 2.43. The molecule has 1 amide bonds. The second kappa shape index (κ2) is 6.69. The number of hydrogen-bond donors (Lipinski definition) is 3. The third-order valence-electron chi connectivity index (χ3n) is 4.15. The van der Waals surface area contributed by atoms with Crippen molar-refractivity contribution in [1.82, 2.24) is 4.90 Å². The van der Waals surface area contributed by atoms with Crippen LogP contribution in [0.5, 0.6) is 0 Å². The van der Waals surface area contributed by atoms with Crippen molar-refractivity contribution < 1.29 is 24.6 Å². The van der Waals surface area contributed by atoms with Crippen LogP contribution in [-0.4, -0.2) is 52.1 Å². The zero-order valence-electron chi connectivity index (χ0n) is 11.7. The number of carbonyl (C=O) groups excluding carboxylic acids is 1. The van der Waals surface area contributed by atoms with E-state index in [0.29, 0.717) is 32.4 Å². The fourth-order valence-corrected chi connectivity index (χ4v) is 2.51. The van der Waals surface area contributed by atoms with E-state index in [1.165, 1.54) is 0 Å². The Hall–Kier alpha value is -1.63. The maximum Gasteiger partial charge on any atom is 0.309 e. The fraction of sp³-hybridized carbons (Fsp3) is 0.769. The lowest BCUT2D eigenvalue weighted by atomic mass is 9.76. The van der Waals surface area contributed by atoms with Crippen molar-refractivity contribution in [2.24, 2.45) is 11.1 Å². The van der Waals surface area contributed by atoms with Gasteiger partial charge in [0.15, 0.2) is 0 Å². The highest BCUT2D eigenvalue weighted by molar-refractivity contribution is 5.83. The number of rotatable bonds is 6. The number of carboxylic acid groups (broad SMARTS) is 2. The molecule has 0 radical (unpaired) electrons. The van der Waals surface area contributed by atoms with E-state index in [4.69, 9.17) is 10.8 Å². The Bertz CT molecular complexity index is 388. The lowest BCUT2D eigenvalue weighted by molar-refractivity contribution is -0.155. The molecule has 7 heteroatoms. The van der Waals surface area contributed by atoms with Crippen molar-refractivity contribution in [2.45, 2.75) is 45.1 Å². The standard InChI is InChI=1S/C13H22N2O5/c1-2-13(12(19)20)5-7-15(8-6-13)11(18)9(14)3-4-10(16)17/h9H,2-8,14H2,1H3,(H,16,17)(H,19,20). The maximum atomic E-state index is 12.0. The molecule has 0 saturated carbocycles. The predicted octanol–water partition coefficient (Wildman–Crippen LogP) is 0.282. The van der Waals surface area contributed by atoms with Crippen LogP contribution in [0.25, 0.3) is 0 Å². The molecule has 0 aromatic carbocycles. The van der Waals surface area contributed by atoms with Crippen LogP contribution in [0.15, 0.2) is 0 Å². The molecule has 1 atom stereocenters. The topological polar surface area (TPSA) is 121 Å². The molecule has 1 heterocycles. The molecule has 0 aliphatic carbocycles. The van der Waals surface area contributed by atoms with Crippen LogP contribution in [0.2, 0.25) is 0 Å². The van der Waals surface area contributed by atoms with Crippen LogP contribution >= 0.6 is 0 Å². The van der Waals surface area contributed by atoms with Crippen LogP contribution in [-0.2, 0) is 14.4 Å². The number of likely N-dealkylation sites (tertiary alicyclic amines) is 1. The van der Waals surface area contributed by atoms with E-state index < -0.39 is 23.4 Å². The van der Waals surface area contributed by atoms with Crippen LogP contribution in [0, 0.1) is 5.41 Å². The zero-order valence-corrected chi connectivity index (χ0v) is 11.7. The Balaban J connectivity index is 2.54. The summed E-state index contributed by atoms with van der Waals surface area (Å²) in [6.45, 7) is 2.56. The van der Waals surface area contributed by atoms with Crippen molar-refractivity contribution in [3.63, 3.8) is 0 Å². The van der Waals surface area contributed by atoms with Gasteiger partial charge in [0.05, 0.1) is 11.5 Å². The minimum absolute atomic E-state index is 0.0997. The lowest BCUT2D eigenvalue weighted by Gasteiger charge is -2.39. The quantitative estimate of drug-likeness (QED) is 0.645. The SMILES string of the molecule is CCC1(C(=O)O)CCN(C(=O)C(N)CCC(=O)O)CC1. The number of amides is 1. The minimum Gasteiger partial charge on any atom is -0.481 e. The van der Waals surface area contributed by atoms with Gasteiger partial charge in [-0.25, -0.2) is 0 Å². The normalized spacial score (nSPS) is 19.4. The highest BCUT2D eigenvalue weighted by Crippen LogP contribution is 2.35. The third kappa shape index (κ3) is 3.69. The van der Waals surface area contributed by atoms with Gasteiger partial charge in [-0.05, 0) is 25.7 Å². The van der Waals surface area contributed by atoms with Gasteiger partial charge in [0.2, 0.25) is 5.91 Å². The van der Waals surface area contributed by atoms with Crippen LogP contribution in [0.4, 0.5) is 0 Å². The molecule has 0 aromatic heterocycles. The molecule has 0 bridgehead atoms. The summed E-state index contributed by atoms with van der Waals surface area (Å²) in [5.74, 6) is -2.09. The van der Waals surface area contributed by atoms with Crippen molar-refractivity contribution in [1.29, 1.82) is 0 Å². The molecule has 1 saturated heterocycles. The van der Waals surface area contributed by atoms with Gasteiger partial charge in [-0.1, -0.05) is 6.92 Å². The van der Waals surface area contributed by atoms with Gasteiger partial charge in [0.25, 0.3) is 0 Å². The first-order valence-electron chi connectivity index (χ1n) is 6.82. The lowest BCUT2D eigenvalue weighted by Crippen LogP contribution is -2.51. The smallest absolute Gasteiger partial charge is 0.309 e. The summed E-state index contributed by atoms with van der Waals surface area (Å²) in [5.41, 5.74) is 4.94. The highest BCUT2D eigenvalue weighted by Gasteiger charge is 2.41. The summed E-state index contributed by atoms with van der Waals surface area (Å²) in [7, 11) is 0. The number of nitrogens with zero attached hydrogens (tertiary/aromatic N) is 1. The van der Waals surface area contributed by atoms with Gasteiger partial charge in [-0.2, -0.15) is 0 Å². The van der Waals surface area contributed by atoms with E-state index >= 15 is 0 Å². The van der Waals surface area contributed by atoms with Crippen LogP contribution < -0.4 is 5.73 Å². The van der Waals surface area contributed by atoms with Gasteiger partial charge >= 0.3 is 11.9 Å². The van der Waals surface area contributed by atoms with Crippen molar-refractivity contribution in [2.75, 3.05) is 13.1 Å². The first kappa shape index (κ1) is 16.4. The van der Waals surface area contributed by atoms with Crippen molar-refractivity contribution in [3.8, 4) is 0 Å². The number of aliphatic carboxylic acids is 2. The molecule has 1 aliphatic rings. The second-order valence-electron chi connectivity index (χ2n) is 5.30. The summed E-state index contributed by atoms with van der Waals surface area (Å²) < 4.78 is 0. The molecule has 0 aromatic rings. The van der Waals surface area contributed by atoms with Crippen LogP contribution in [0.1, 0.15) is 39.0 Å². The summed E-state index contributed by atoms with van der Waals surface area (Å²) in [6, 6.07) is -0.829. The Labute approximate surface area is 117 Å². The van der Waals surface area contributed by atoms with Crippen LogP contribution in [0.3, 0.4) is 0 Å². The molecule has 7 nitrogen and oxygen atoms in total. The molecular formula is C13H22N2O5. The molecule has 1 unspecified atom stereocenters. The first-order chi connectivity index (χ1) is 9.32. The molecular weight excluding hydrogens is 264 g/mol. The first-order valence-corrected chi connectivity index (χ1v) is 6.82. The molecule has 1 fully saturated rings. The number of carbonyl (C=O) groups is 3. The van der Waals surface area contributed by atoms with E-state index in [1.54, 1.807) is 4.90 Å². The van der Waals surface area contributed by atoms with E-state index in [2.05, 4.69) is 0 Å². The monoisotopic (exact) mass is 286 g/mol. The Morgan fingerprint density at radius 3 is 2.20 bits per heavy atom. The predicted molar refractivity (Wildman–Crippen MR) is 71.0 cm³/mol. The van der Waals surface area contributed by atoms with E-state index in [9.17, 15) is 19.5 Å². The van der Waals surface area contributed by atoms with Gasteiger partial charge in [-0.3, -0.25) is 14.4 Å². The third-order valence-corrected chi connectivity index (χ3v) is 4.15. The van der Waals surface area contributed by atoms with Gasteiger partial charge in [0.1, 0.15) is 0 Å². The zero-order chi connectivity index (χ0) is 15.3. The molecule has 20 heavy (non-hydrogen) atoms. The summed E-state index contributed by atoms with van der Waals surface area (Å²) in [4.78, 5) is 35.3. The Kier molecular flexibility index (Phi) is 5.50. The summed E-state index contributed by atoms with van der Waals surface area (Å²) >= 11 is 0. The highest BCUT2D eigenvalue weighted by atomic mass is 16.4. The number of hydrogen-bond acceptors (Lipinski definition) is 4. The number of nitrogens with two attached hydrogens (primary N) is 1. The molecule has 4 N–H and O–H groups in total. The number of carboxylic acids is 2. The molecule has 1 aliphatic heterocycles. The van der Waals surface area contributed by atoms with Gasteiger partial charge < -0.3 is 20.8 Å². The molecule has 1 rings (SSSR count). The Morgan fingerprint density at radius 1 is 1.25 bits per heavy atom. The van der Waals surface area contributed by atoms with E-state index in [1.807, 2.05) is 6.92 Å². The number of piperidine rings is 1. The van der Waals surface area contributed by atoms with Crippen molar-refractivity contribution >= 4 is 17.8 Å². The van der Waals surface area contributed by atoms with Crippen molar-refractivity contribution in [3.05, 3.63) is 0 Å².